The maximum Gasteiger partial charge on any atom is 0.332 e. The second kappa shape index (κ2) is 9.66. The molecular weight excluding hydrogens is 404 g/mol. The minimum Gasteiger partial charge on any atom is -0.458 e. The first-order valence-electron chi connectivity index (χ1n) is 11.9. The quantitative estimate of drug-likeness (QED) is 0.471. The average molecular weight is 445 g/mol. The van der Waals surface area contributed by atoms with Gasteiger partial charge in [-0.25, -0.2) is 4.79 Å². The van der Waals surface area contributed by atoms with Gasteiger partial charge in [0.1, 0.15) is 12.2 Å². The van der Waals surface area contributed by atoms with Crippen molar-refractivity contribution >= 4 is 5.97 Å². The first-order chi connectivity index (χ1) is 14.9. The van der Waals surface area contributed by atoms with Crippen molar-refractivity contribution < 1.29 is 24.5 Å². The zero-order valence-corrected chi connectivity index (χ0v) is 20.3. The van der Waals surface area contributed by atoms with E-state index < -0.39 is 17.8 Å². The maximum atomic E-state index is 12.1. The fourth-order valence-corrected chi connectivity index (χ4v) is 5.60. The van der Waals surface area contributed by atoms with Crippen LogP contribution in [0.25, 0.3) is 0 Å². The van der Waals surface area contributed by atoms with Gasteiger partial charge in [-0.1, -0.05) is 37.3 Å². The molecule has 5 nitrogen and oxygen atoms in total. The fraction of sp³-hybridized carbons (Fsp3) is 0.667. The highest BCUT2D eigenvalue weighted by molar-refractivity contribution is 5.71. The molecule has 32 heavy (non-hydrogen) atoms. The van der Waals surface area contributed by atoms with Crippen LogP contribution in [0.4, 0.5) is 0 Å². The summed E-state index contributed by atoms with van der Waals surface area (Å²) in [6.45, 7) is 13.9. The van der Waals surface area contributed by atoms with Gasteiger partial charge in [0, 0.05) is 6.42 Å². The number of carbonyl (C=O) groups is 1. The summed E-state index contributed by atoms with van der Waals surface area (Å²) in [5.74, 6) is 0.0694. The van der Waals surface area contributed by atoms with Gasteiger partial charge in [0.25, 0.3) is 0 Å². The minimum atomic E-state index is -0.664. The molecule has 0 aromatic heterocycles. The number of hydrogen-bond acceptors (Lipinski definition) is 5. The van der Waals surface area contributed by atoms with E-state index >= 15 is 0 Å². The van der Waals surface area contributed by atoms with E-state index in [4.69, 9.17) is 9.47 Å². The van der Waals surface area contributed by atoms with Crippen LogP contribution in [-0.2, 0) is 14.3 Å². The number of carbonyl (C=O) groups excluding carboxylic acids is 1. The standard InChI is InChI=1S/C27H40O5/c1-17-20(14-21(28)15-24(17)29)10-9-19-8-7-13-27(6)22(11-12-23(19)27)18(2)31-16-25(30)32-26(3,4)5/h9-11,18,21,23-24,28-29H,1,7-8,12-16H2,2-6H3/t18-,21?,23-,24?,27+/m0/s1. The first kappa shape index (κ1) is 24.9. The molecule has 0 spiro atoms. The van der Waals surface area contributed by atoms with Gasteiger partial charge in [-0.3, -0.25) is 0 Å². The Balaban J connectivity index is 1.69. The largest absolute Gasteiger partial charge is 0.458 e. The number of fused-ring (bicyclic) bond motifs is 1. The van der Waals surface area contributed by atoms with Crippen LogP contribution in [0.15, 0.2) is 47.1 Å². The molecule has 3 aliphatic carbocycles. The molecule has 0 amide bonds. The second-order valence-corrected chi connectivity index (χ2v) is 10.8. The SMILES string of the molecule is C=C1C(=CC=C2CCC[C@]3(C)C([C@H](C)OCC(=O)OC(C)(C)C)=CC[C@@H]23)CC(O)CC1O. The zero-order chi connectivity index (χ0) is 23.7. The highest BCUT2D eigenvalue weighted by Crippen LogP contribution is 2.55. The molecule has 3 aliphatic rings. The third-order valence-electron chi connectivity index (χ3n) is 7.18. The van der Waals surface area contributed by atoms with Crippen molar-refractivity contribution in [1.82, 2.24) is 0 Å². The maximum absolute atomic E-state index is 12.1. The van der Waals surface area contributed by atoms with Crippen molar-refractivity contribution in [2.75, 3.05) is 6.61 Å². The smallest absolute Gasteiger partial charge is 0.332 e. The number of allylic oxidation sites excluding steroid dienone is 4. The molecule has 178 valence electrons. The summed E-state index contributed by atoms with van der Waals surface area (Å²) in [5, 5.41) is 20.1. The number of esters is 1. The van der Waals surface area contributed by atoms with Crippen molar-refractivity contribution in [2.45, 2.75) is 97.1 Å². The minimum absolute atomic E-state index is 0.0124. The number of aliphatic hydroxyl groups is 2. The molecule has 0 aromatic carbocycles. The van der Waals surface area contributed by atoms with Gasteiger partial charge in [-0.2, -0.15) is 0 Å². The van der Waals surface area contributed by atoms with Crippen molar-refractivity contribution in [3.63, 3.8) is 0 Å². The predicted molar refractivity (Wildman–Crippen MR) is 126 cm³/mol. The lowest BCUT2D eigenvalue weighted by Gasteiger charge is -2.42. The van der Waals surface area contributed by atoms with Crippen LogP contribution in [0.1, 0.15) is 73.1 Å². The molecule has 0 aliphatic heterocycles. The molecule has 2 N–H and O–H groups in total. The van der Waals surface area contributed by atoms with Crippen molar-refractivity contribution in [3.05, 3.63) is 47.1 Å². The van der Waals surface area contributed by atoms with Gasteiger partial charge in [0.15, 0.2) is 0 Å². The Morgan fingerprint density at radius 3 is 2.75 bits per heavy atom. The van der Waals surface area contributed by atoms with Gasteiger partial charge in [-0.05, 0) is 87.9 Å². The van der Waals surface area contributed by atoms with E-state index in [1.54, 1.807) is 0 Å². The molecule has 0 bridgehead atoms. The zero-order valence-electron chi connectivity index (χ0n) is 20.3. The Bertz CT molecular complexity index is 827. The highest BCUT2D eigenvalue weighted by atomic mass is 16.6. The van der Waals surface area contributed by atoms with Gasteiger partial charge in [0.2, 0.25) is 0 Å². The summed E-state index contributed by atoms with van der Waals surface area (Å²) in [5.41, 5.74) is 3.84. The molecule has 2 fully saturated rings. The predicted octanol–water partition coefficient (Wildman–Crippen LogP) is 4.79. The Morgan fingerprint density at radius 1 is 1.34 bits per heavy atom. The molecule has 0 radical (unpaired) electrons. The van der Waals surface area contributed by atoms with E-state index in [2.05, 4.69) is 31.7 Å². The Labute approximate surface area is 192 Å². The Hall–Kier alpha value is -1.69. The molecule has 2 unspecified atom stereocenters. The van der Waals surface area contributed by atoms with Crippen LogP contribution in [0.3, 0.4) is 0 Å². The lowest BCUT2D eigenvalue weighted by molar-refractivity contribution is -0.161. The summed E-state index contributed by atoms with van der Waals surface area (Å²) in [4.78, 5) is 12.1. The number of aliphatic hydroxyl groups excluding tert-OH is 2. The van der Waals surface area contributed by atoms with Crippen LogP contribution < -0.4 is 0 Å². The molecule has 5 atom stereocenters. The number of hydrogen-bond donors (Lipinski definition) is 2. The van der Waals surface area contributed by atoms with Gasteiger partial charge >= 0.3 is 5.97 Å². The summed E-state index contributed by atoms with van der Waals surface area (Å²) < 4.78 is 11.3. The van der Waals surface area contributed by atoms with E-state index in [9.17, 15) is 15.0 Å². The molecule has 5 heteroatoms. The third-order valence-corrected chi connectivity index (χ3v) is 7.18. The summed E-state index contributed by atoms with van der Waals surface area (Å²) in [7, 11) is 0. The second-order valence-electron chi connectivity index (χ2n) is 10.8. The third kappa shape index (κ3) is 5.62. The summed E-state index contributed by atoms with van der Waals surface area (Å²) in [6, 6.07) is 0. The van der Waals surface area contributed by atoms with Crippen molar-refractivity contribution in [2.24, 2.45) is 11.3 Å². The molecule has 2 saturated carbocycles. The van der Waals surface area contributed by atoms with E-state index in [-0.39, 0.29) is 24.1 Å². The molecule has 0 heterocycles. The molecule has 0 aromatic rings. The van der Waals surface area contributed by atoms with Crippen LogP contribution >= 0.6 is 0 Å². The first-order valence-corrected chi connectivity index (χ1v) is 11.9. The lowest BCUT2D eigenvalue weighted by Crippen LogP contribution is -2.35. The molecule has 0 saturated heterocycles. The normalized spacial score (nSPS) is 34.4. The van der Waals surface area contributed by atoms with Crippen LogP contribution in [0.2, 0.25) is 0 Å². The van der Waals surface area contributed by atoms with Gasteiger partial charge in [-0.15, -0.1) is 0 Å². The van der Waals surface area contributed by atoms with Gasteiger partial charge in [0.05, 0.1) is 18.3 Å². The van der Waals surface area contributed by atoms with E-state index in [1.165, 1.54) is 11.1 Å². The monoisotopic (exact) mass is 444 g/mol. The number of rotatable bonds is 5. The lowest BCUT2D eigenvalue weighted by atomic mass is 9.63. The van der Waals surface area contributed by atoms with E-state index in [0.29, 0.717) is 18.8 Å². The van der Waals surface area contributed by atoms with E-state index in [1.807, 2.05) is 27.7 Å². The topological polar surface area (TPSA) is 76.0 Å². The molecule has 3 rings (SSSR count). The van der Waals surface area contributed by atoms with Crippen molar-refractivity contribution in [3.8, 4) is 0 Å². The molecular formula is C27H40O5. The summed E-state index contributed by atoms with van der Waals surface area (Å²) >= 11 is 0. The van der Waals surface area contributed by atoms with E-state index in [0.717, 1.165) is 36.8 Å². The van der Waals surface area contributed by atoms with Crippen LogP contribution in [-0.4, -0.2) is 46.7 Å². The highest BCUT2D eigenvalue weighted by Gasteiger charge is 2.46. The average Bonchev–Trinajstić information content (AvgIpc) is 3.04. The summed E-state index contributed by atoms with van der Waals surface area (Å²) in [6.07, 6.45) is 10.3. The Kier molecular flexibility index (Phi) is 7.53. The van der Waals surface area contributed by atoms with Crippen molar-refractivity contribution in [1.29, 1.82) is 0 Å². The van der Waals surface area contributed by atoms with Crippen LogP contribution in [0, 0.1) is 11.3 Å². The fourth-order valence-electron chi connectivity index (χ4n) is 5.60. The Morgan fingerprint density at radius 2 is 2.06 bits per heavy atom. The van der Waals surface area contributed by atoms with Crippen LogP contribution in [0.5, 0.6) is 0 Å². The number of ether oxygens (including phenoxy) is 2. The van der Waals surface area contributed by atoms with Gasteiger partial charge < -0.3 is 19.7 Å².